The molecule has 0 bridgehead atoms. The van der Waals surface area contributed by atoms with Crippen LogP contribution in [0.4, 0.5) is 4.39 Å². The van der Waals surface area contributed by atoms with E-state index in [1.54, 1.807) is 12.1 Å². The van der Waals surface area contributed by atoms with Crippen molar-refractivity contribution in [3.8, 4) is 11.3 Å². The molecule has 0 amide bonds. The van der Waals surface area contributed by atoms with E-state index in [1.165, 1.54) is 24.7 Å². The van der Waals surface area contributed by atoms with Crippen molar-refractivity contribution in [3.05, 3.63) is 53.0 Å². The quantitative estimate of drug-likeness (QED) is 0.702. The average molecular weight is 242 g/mol. The highest BCUT2D eigenvalue weighted by molar-refractivity contribution is 5.72. The zero-order chi connectivity index (χ0) is 12.5. The number of nitrogens with one attached hydrogen (secondary N) is 1. The minimum absolute atomic E-state index is 0.166. The summed E-state index contributed by atoms with van der Waals surface area (Å²) in [5.41, 5.74) is 1.29. The molecule has 0 spiro atoms. The van der Waals surface area contributed by atoms with Gasteiger partial charge in [0.25, 0.3) is 5.56 Å². The van der Waals surface area contributed by atoms with Crippen LogP contribution >= 0.6 is 0 Å². The predicted molar refractivity (Wildman–Crippen MR) is 63.3 cm³/mol. The maximum absolute atomic E-state index is 12.8. The Morgan fingerprint density at radius 2 is 1.89 bits per heavy atom. The highest BCUT2D eigenvalue weighted by atomic mass is 19.1. The van der Waals surface area contributed by atoms with Gasteiger partial charge in [0, 0.05) is 5.56 Å². The molecular weight excluding hydrogens is 235 g/mol. The van der Waals surface area contributed by atoms with Gasteiger partial charge in [0.15, 0.2) is 11.2 Å². The van der Waals surface area contributed by atoms with Crippen molar-refractivity contribution in [2.24, 2.45) is 0 Å². The lowest BCUT2D eigenvalue weighted by atomic mass is 10.1. The van der Waals surface area contributed by atoms with Crippen molar-refractivity contribution in [1.82, 2.24) is 19.9 Å². The number of fused-ring (bicyclic) bond motifs is 1. The van der Waals surface area contributed by atoms with Crippen LogP contribution in [0.2, 0.25) is 0 Å². The number of nitrogens with zero attached hydrogens (tertiary/aromatic N) is 3. The zero-order valence-corrected chi connectivity index (χ0v) is 9.09. The van der Waals surface area contributed by atoms with Crippen LogP contribution in [0.5, 0.6) is 0 Å². The van der Waals surface area contributed by atoms with E-state index in [1.807, 2.05) is 0 Å². The Balaban J connectivity index is 2.22. The van der Waals surface area contributed by atoms with Crippen LogP contribution < -0.4 is 5.56 Å². The molecule has 2 heterocycles. The van der Waals surface area contributed by atoms with Gasteiger partial charge in [-0.25, -0.2) is 19.3 Å². The highest BCUT2D eigenvalue weighted by Gasteiger charge is 2.06. The lowest BCUT2D eigenvalue weighted by molar-refractivity contribution is 0.628. The van der Waals surface area contributed by atoms with E-state index >= 15 is 0 Å². The molecule has 1 N–H and O–H groups in total. The van der Waals surface area contributed by atoms with Crippen molar-refractivity contribution in [2.45, 2.75) is 0 Å². The van der Waals surface area contributed by atoms with Crippen LogP contribution in [-0.4, -0.2) is 19.9 Å². The third-order valence-corrected chi connectivity index (χ3v) is 2.49. The SMILES string of the molecule is O=c1[nH]cnc2ncc(-c3ccc(F)cc3)nc12. The van der Waals surface area contributed by atoms with Gasteiger partial charge in [-0.1, -0.05) is 0 Å². The lowest BCUT2D eigenvalue weighted by Gasteiger charge is -2.01. The van der Waals surface area contributed by atoms with Crippen molar-refractivity contribution in [1.29, 1.82) is 0 Å². The molecule has 0 fully saturated rings. The van der Waals surface area contributed by atoms with Crippen LogP contribution in [0.3, 0.4) is 0 Å². The highest BCUT2D eigenvalue weighted by Crippen LogP contribution is 2.17. The maximum atomic E-state index is 12.8. The van der Waals surface area contributed by atoms with Crippen LogP contribution in [0.1, 0.15) is 0 Å². The Labute approximate surface area is 100 Å². The minimum Gasteiger partial charge on any atom is -0.311 e. The summed E-state index contributed by atoms with van der Waals surface area (Å²) in [6.45, 7) is 0. The van der Waals surface area contributed by atoms with Crippen molar-refractivity contribution in [3.63, 3.8) is 0 Å². The number of hydrogen-bond acceptors (Lipinski definition) is 4. The van der Waals surface area contributed by atoms with E-state index in [9.17, 15) is 9.18 Å². The molecular formula is C12H7FN4O. The fraction of sp³-hybridized carbons (Fsp3) is 0. The van der Waals surface area contributed by atoms with E-state index in [-0.39, 0.29) is 22.5 Å². The van der Waals surface area contributed by atoms with E-state index in [4.69, 9.17) is 0 Å². The summed E-state index contributed by atoms with van der Waals surface area (Å²) in [7, 11) is 0. The van der Waals surface area contributed by atoms with Gasteiger partial charge in [-0.05, 0) is 24.3 Å². The second kappa shape index (κ2) is 3.99. The van der Waals surface area contributed by atoms with Gasteiger partial charge in [-0.3, -0.25) is 4.79 Å². The first-order valence-electron chi connectivity index (χ1n) is 5.20. The predicted octanol–water partition coefficient (Wildman–Crippen LogP) is 1.52. The molecule has 0 atom stereocenters. The van der Waals surface area contributed by atoms with Crippen LogP contribution in [0.25, 0.3) is 22.4 Å². The molecule has 18 heavy (non-hydrogen) atoms. The summed E-state index contributed by atoms with van der Waals surface area (Å²) in [5, 5.41) is 0. The van der Waals surface area contributed by atoms with Gasteiger partial charge in [-0.15, -0.1) is 0 Å². The van der Waals surface area contributed by atoms with Gasteiger partial charge in [0.1, 0.15) is 5.82 Å². The monoisotopic (exact) mass is 242 g/mol. The second-order valence-electron chi connectivity index (χ2n) is 3.67. The van der Waals surface area contributed by atoms with Crippen LogP contribution in [-0.2, 0) is 0 Å². The summed E-state index contributed by atoms with van der Waals surface area (Å²) in [4.78, 5) is 26.1. The normalized spacial score (nSPS) is 10.7. The third-order valence-electron chi connectivity index (χ3n) is 2.49. The first-order valence-corrected chi connectivity index (χ1v) is 5.20. The van der Waals surface area contributed by atoms with Gasteiger partial charge >= 0.3 is 0 Å². The topological polar surface area (TPSA) is 71.5 Å². The Hall–Kier alpha value is -2.63. The molecule has 2 aromatic heterocycles. The molecule has 0 saturated heterocycles. The molecule has 88 valence electrons. The van der Waals surface area contributed by atoms with Crippen LogP contribution in [0, 0.1) is 5.82 Å². The molecule has 6 heteroatoms. The molecule has 0 aliphatic carbocycles. The maximum Gasteiger partial charge on any atom is 0.278 e. The van der Waals surface area contributed by atoms with Gasteiger partial charge in [0.05, 0.1) is 18.2 Å². The van der Waals surface area contributed by atoms with E-state index in [0.717, 1.165) is 0 Å². The van der Waals surface area contributed by atoms with Crippen LogP contribution in [0.15, 0.2) is 41.6 Å². The number of aromatic amines is 1. The van der Waals surface area contributed by atoms with E-state index in [0.29, 0.717) is 11.3 Å². The molecule has 1 aromatic carbocycles. The average Bonchev–Trinajstić information content (AvgIpc) is 2.40. The first kappa shape index (κ1) is 10.5. The van der Waals surface area contributed by atoms with E-state index in [2.05, 4.69) is 19.9 Å². The Bertz CT molecular complexity index is 767. The molecule has 0 saturated carbocycles. The number of hydrogen-bond donors (Lipinski definition) is 1. The fourth-order valence-electron chi connectivity index (χ4n) is 1.61. The minimum atomic E-state index is -0.350. The molecule has 3 rings (SSSR count). The van der Waals surface area contributed by atoms with Gasteiger partial charge in [0.2, 0.25) is 0 Å². The van der Waals surface area contributed by atoms with Crippen molar-refractivity contribution < 1.29 is 4.39 Å². The number of halogens is 1. The standard InChI is InChI=1S/C12H7FN4O/c13-8-3-1-7(2-4-8)9-5-14-11-10(17-9)12(18)16-6-15-11/h1-6H,(H,14,15,16,18). The molecule has 3 aromatic rings. The first-order chi connectivity index (χ1) is 8.74. The van der Waals surface area contributed by atoms with Gasteiger partial charge in [-0.2, -0.15) is 0 Å². The molecule has 5 nitrogen and oxygen atoms in total. The largest absolute Gasteiger partial charge is 0.311 e. The third kappa shape index (κ3) is 1.73. The van der Waals surface area contributed by atoms with E-state index < -0.39 is 0 Å². The molecule has 0 radical (unpaired) electrons. The number of benzene rings is 1. The Morgan fingerprint density at radius 1 is 1.11 bits per heavy atom. The smallest absolute Gasteiger partial charge is 0.278 e. The second-order valence-corrected chi connectivity index (χ2v) is 3.67. The summed E-state index contributed by atoms with van der Waals surface area (Å²) in [6, 6.07) is 5.81. The van der Waals surface area contributed by atoms with Gasteiger partial charge < -0.3 is 4.98 Å². The number of aromatic nitrogens is 4. The van der Waals surface area contributed by atoms with Crippen molar-refractivity contribution >= 4 is 11.2 Å². The number of H-pyrrole nitrogens is 1. The Kier molecular flexibility index (Phi) is 2.33. The summed E-state index contributed by atoms with van der Waals surface area (Å²) in [5.74, 6) is -0.327. The summed E-state index contributed by atoms with van der Waals surface area (Å²) in [6.07, 6.45) is 2.78. The molecule has 0 aliphatic rings. The zero-order valence-electron chi connectivity index (χ0n) is 9.09. The lowest BCUT2D eigenvalue weighted by Crippen LogP contribution is -2.09. The summed E-state index contributed by atoms with van der Waals surface area (Å²) < 4.78 is 12.8. The van der Waals surface area contributed by atoms with Crippen molar-refractivity contribution in [2.75, 3.05) is 0 Å². The fourth-order valence-corrected chi connectivity index (χ4v) is 1.61. The Morgan fingerprint density at radius 3 is 2.67 bits per heavy atom. The number of rotatable bonds is 1. The molecule has 0 unspecified atom stereocenters. The molecule has 0 aliphatic heterocycles. The summed E-state index contributed by atoms with van der Waals surface area (Å²) >= 11 is 0.